The lowest BCUT2D eigenvalue weighted by Crippen LogP contribution is -2.34. The lowest BCUT2D eigenvalue weighted by Gasteiger charge is -2.31. The van der Waals surface area contributed by atoms with Crippen molar-refractivity contribution in [2.45, 2.75) is 25.9 Å². The molecule has 0 saturated carbocycles. The lowest BCUT2D eigenvalue weighted by atomic mass is 9.97. The molecular weight excluding hydrogens is 320 g/mol. The van der Waals surface area contributed by atoms with Crippen LogP contribution in [0.1, 0.15) is 24.0 Å². The summed E-state index contributed by atoms with van der Waals surface area (Å²) in [5.41, 5.74) is 3.55. The fourth-order valence-corrected chi connectivity index (χ4v) is 3.41. The number of aliphatic hydroxyl groups excluding tert-OH is 1. The third-order valence-corrected chi connectivity index (χ3v) is 5.11. The molecule has 0 spiro atoms. The SMILES string of the molecule is OCC1CCN(Cc2cccc(NCc3ccccc3Cl)c2)CC1. The third kappa shape index (κ3) is 4.73. The molecule has 0 amide bonds. The number of benzene rings is 2. The molecule has 0 radical (unpaired) electrons. The summed E-state index contributed by atoms with van der Waals surface area (Å²) in [6.07, 6.45) is 2.20. The zero-order valence-electron chi connectivity index (χ0n) is 13.9. The molecule has 4 heteroatoms. The Morgan fingerprint density at radius 1 is 1.08 bits per heavy atom. The summed E-state index contributed by atoms with van der Waals surface area (Å²) in [5, 5.41) is 13.5. The number of likely N-dealkylation sites (tertiary alicyclic amines) is 1. The summed E-state index contributed by atoms with van der Waals surface area (Å²) in [4.78, 5) is 2.47. The molecule has 2 aromatic rings. The van der Waals surface area contributed by atoms with Gasteiger partial charge < -0.3 is 10.4 Å². The van der Waals surface area contributed by atoms with E-state index in [9.17, 15) is 5.11 Å². The van der Waals surface area contributed by atoms with Gasteiger partial charge in [-0.2, -0.15) is 0 Å². The predicted molar refractivity (Wildman–Crippen MR) is 100 cm³/mol. The van der Waals surface area contributed by atoms with Crippen molar-refractivity contribution in [3.05, 3.63) is 64.7 Å². The second-order valence-corrected chi connectivity index (χ2v) is 6.95. The van der Waals surface area contributed by atoms with Gasteiger partial charge in [0.05, 0.1) is 0 Å². The maximum absolute atomic E-state index is 9.24. The number of rotatable bonds is 6. The van der Waals surface area contributed by atoms with Gasteiger partial charge in [-0.25, -0.2) is 0 Å². The van der Waals surface area contributed by atoms with Gasteiger partial charge in [0.25, 0.3) is 0 Å². The van der Waals surface area contributed by atoms with E-state index in [1.54, 1.807) is 0 Å². The number of hydrogen-bond donors (Lipinski definition) is 2. The Balaban J connectivity index is 1.55. The van der Waals surface area contributed by atoms with Crippen molar-refractivity contribution < 1.29 is 5.11 Å². The van der Waals surface area contributed by atoms with E-state index in [0.717, 1.165) is 55.3 Å². The van der Waals surface area contributed by atoms with Crippen LogP contribution in [0.25, 0.3) is 0 Å². The highest BCUT2D eigenvalue weighted by atomic mass is 35.5. The minimum atomic E-state index is 0.329. The van der Waals surface area contributed by atoms with Crippen LogP contribution in [0.3, 0.4) is 0 Å². The van der Waals surface area contributed by atoms with E-state index < -0.39 is 0 Å². The molecule has 1 saturated heterocycles. The fraction of sp³-hybridized carbons (Fsp3) is 0.400. The summed E-state index contributed by atoms with van der Waals surface area (Å²) in [6, 6.07) is 16.5. The minimum absolute atomic E-state index is 0.329. The fourth-order valence-electron chi connectivity index (χ4n) is 3.20. The van der Waals surface area contributed by atoms with E-state index in [2.05, 4.69) is 34.5 Å². The van der Waals surface area contributed by atoms with Crippen molar-refractivity contribution >= 4 is 17.3 Å². The van der Waals surface area contributed by atoms with Gasteiger partial charge in [-0.3, -0.25) is 4.90 Å². The van der Waals surface area contributed by atoms with Crippen molar-refractivity contribution in [3.63, 3.8) is 0 Å². The Bertz CT molecular complexity index is 654. The summed E-state index contributed by atoms with van der Waals surface area (Å²) >= 11 is 6.21. The van der Waals surface area contributed by atoms with Crippen LogP contribution < -0.4 is 5.32 Å². The zero-order valence-corrected chi connectivity index (χ0v) is 14.7. The Labute approximate surface area is 149 Å². The minimum Gasteiger partial charge on any atom is -0.396 e. The maximum atomic E-state index is 9.24. The summed E-state index contributed by atoms with van der Waals surface area (Å²) in [7, 11) is 0. The molecule has 0 aromatic heterocycles. The van der Waals surface area contributed by atoms with Crippen molar-refractivity contribution in [2.75, 3.05) is 25.0 Å². The molecule has 1 heterocycles. The summed E-state index contributed by atoms with van der Waals surface area (Å²) in [5.74, 6) is 0.491. The maximum Gasteiger partial charge on any atom is 0.0460 e. The Hall–Kier alpha value is -1.55. The smallest absolute Gasteiger partial charge is 0.0460 e. The summed E-state index contributed by atoms with van der Waals surface area (Å²) in [6.45, 7) is 4.17. The number of anilines is 1. The largest absolute Gasteiger partial charge is 0.396 e. The highest BCUT2D eigenvalue weighted by Gasteiger charge is 2.18. The van der Waals surface area contributed by atoms with Gasteiger partial charge in [-0.05, 0) is 61.2 Å². The van der Waals surface area contributed by atoms with Crippen LogP contribution >= 0.6 is 11.6 Å². The first-order valence-electron chi connectivity index (χ1n) is 8.64. The predicted octanol–water partition coefficient (Wildman–Crippen LogP) is 4.16. The number of nitrogens with zero attached hydrogens (tertiary/aromatic N) is 1. The first kappa shape index (κ1) is 17.3. The molecule has 1 aliphatic heterocycles. The third-order valence-electron chi connectivity index (χ3n) is 4.74. The first-order chi connectivity index (χ1) is 11.7. The molecule has 1 fully saturated rings. The molecular formula is C20H25ClN2O. The number of hydrogen-bond acceptors (Lipinski definition) is 3. The molecule has 0 aliphatic carbocycles. The molecule has 0 unspecified atom stereocenters. The van der Waals surface area contributed by atoms with Crippen LogP contribution in [0.2, 0.25) is 5.02 Å². The average molecular weight is 345 g/mol. The molecule has 128 valence electrons. The van der Waals surface area contributed by atoms with Crippen molar-refractivity contribution in [2.24, 2.45) is 5.92 Å². The van der Waals surface area contributed by atoms with Gasteiger partial charge in [-0.15, -0.1) is 0 Å². The highest BCUT2D eigenvalue weighted by molar-refractivity contribution is 6.31. The Morgan fingerprint density at radius 2 is 1.88 bits per heavy atom. The number of halogens is 1. The first-order valence-corrected chi connectivity index (χ1v) is 9.02. The average Bonchev–Trinajstić information content (AvgIpc) is 2.62. The molecule has 2 N–H and O–H groups in total. The molecule has 1 aliphatic rings. The molecule has 24 heavy (non-hydrogen) atoms. The van der Waals surface area contributed by atoms with E-state index in [1.165, 1.54) is 5.56 Å². The standard InChI is InChI=1S/C20H25ClN2O/c21-20-7-2-1-5-18(20)13-22-19-6-3-4-17(12-19)14-23-10-8-16(15-24)9-11-23/h1-7,12,16,22,24H,8-11,13-15H2. The molecule has 0 atom stereocenters. The normalized spacial score (nSPS) is 16.2. The van der Waals surface area contributed by atoms with Crippen LogP contribution in [-0.4, -0.2) is 29.7 Å². The van der Waals surface area contributed by atoms with E-state index in [4.69, 9.17) is 11.6 Å². The summed E-state index contributed by atoms with van der Waals surface area (Å²) < 4.78 is 0. The van der Waals surface area contributed by atoms with Gasteiger partial charge in [0.1, 0.15) is 0 Å². The van der Waals surface area contributed by atoms with Gasteiger partial charge in [0.2, 0.25) is 0 Å². The zero-order chi connectivity index (χ0) is 16.8. The quantitative estimate of drug-likeness (QED) is 0.826. The highest BCUT2D eigenvalue weighted by Crippen LogP contribution is 2.21. The van der Waals surface area contributed by atoms with Gasteiger partial charge in [0, 0.05) is 30.4 Å². The number of nitrogens with one attached hydrogen (secondary N) is 1. The van der Waals surface area contributed by atoms with Gasteiger partial charge in [-0.1, -0.05) is 41.9 Å². The van der Waals surface area contributed by atoms with Crippen LogP contribution in [0.15, 0.2) is 48.5 Å². The van der Waals surface area contributed by atoms with E-state index in [1.807, 2.05) is 24.3 Å². The van der Waals surface area contributed by atoms with Crippen LogP contribution in [0.4, 0.5) is 5.69 Å². The number of piperidine rings is 1. The van der Waals surface area contributed by atoms with Gasteiger partial charge >= 0.3 is 0 Å². The van der Waals surface area contributed by atoms with Crippen molar-refractivity contribution in [1.82, 2.24) is 4.90 Å². The molecule has 3 rings (SSSR count). The van der Waals surface area contributed by atoms with E-state index in [-0.39, 0.29) is 0 Å². The van der Waals surface area contributed by atoms with E-state index >= 15 is 0 Å². The lowest BCUT2D eigenvalue weighted by molar-refractivity contribution is 0.127. The second-order valence-electron chi connectivity index (χ2n) is 6.55. The van der Waals surface area contributed by atoms with Crippen molar-refractivity contribution in [3.8, 4) is 0 Å². The Morgan fingerprint density at radius 3 is 2.62 bits per heavy atom. The van der Waals surface area contributed by atoms with E-state index in [0.29, 0.717) is 12.5 Å². The Kier molecular flexibility index (Phi) is 6.13. The van der Waals surface area contributed by atoms with Crippen LogP contribution in [0.5, 0.6) is 0 Å². The van der Waals surface area contributed by atoms with Crippen LogP contribution in [0, 0.1) is 5.92 Å². The topological polar surface area (TPSA) is 35.5 Å². The van der Waals surface area contributed by atoms with Gasteiger partial charge in [0.15, 0.2) is 0 Å². The monoisotopic (exact) mass is 344 g/mol. The molecule has 2 aromatic carbocycles. The van der Waals surface area contributed by atoms with Crippen molar-refractivity contribution in [1.29, 1.82) is 0 Å². The second kappa shape index (κ2) is 8.52. The number of aliphatic hydroxyl groups is 1. The van der Waals surface area contributed by atoms with Crippen LogP contribution in [-0.2, 0) is 13.1 Å². The molecule has 3 nitrogen and oxygen atoms in total. The molecule has 0 bridgehead atoms.